The molecule has 21 heavy (non-hydrogen) atoms. The molecule has 0 radical (unpaired) electrons. The zero-order chi connectivity index (χ0) is 14.2. The molecule has 0 saturated carbocycles. The highest BCUT2D eigenvalue weighted by Crippen LogP contribution is 2.33. The second-order valence-electron chi connectivity index (χ2n) is 5.29. The van der Waals surface area contributed by atoms with Crippen molar-refractivity contribution in [1.82, 2.24) is 20.8 Å². The first-order valence-corrected chi connectivity index (χ1v) is 8.52. The number of hydrogen-bond donors (Lipinski definition) is 2. The number of carbonyl (C=O) groups excluding carboxylic acids is 1. The van der Waals surface area contributed by atoms with Crippen molar-refractivity contribution < 1.29 is 9.21 Å². The molecule has 0 aromatic carbocycles. The van der Waals surface area contributed by atoms with Crippen molar-refractivity contribution in [1.29, 1.82) is 0 Å². The fraction of sp³-hybridized carbons (Fsp3) is 0.462. The van der Waals surface area contributed by atoms with Crippen LogP contribution in [0.1, 0.15) is 28.9 Å². The number of thiophene rings is 1. The van der Waals surface area contributed by atoms with Crippen LogP contribution in [0.15, 0.2) is 32.4 Å². The third-order valence-electron chi connectivity index (χ3n) is 3.95. The van der Waals surface area contributed by atoms with E-state index in [4.69, 9.17) is 4.42 Å². The number of hydrogen-bond acceptors (Lipinski definition) is 7. The first-order chi connectivity index (χ1) is 10.3. The molecule has 2 bridgehead atoms. The summed E-state index contributed by atoms with van der Waals surface area (Å²) in [5, 5.41) is 14.6. The van der Waals surface area contributed by atoms with Gasteiger partial charge in [-0.3, -0.25) is 4.79 Å². The summed E-state index contributed by atoms with van der Waals surface area (Å²) in [5.74, 6) is 0.0109. The zero-order valence-corrected chi connectivity index (χ0v) is 12.7. The Balaban J connectivity index is 1.39. The molecule has 2 aromatic heterocycles. The molecule has 3 unspecified atom stereocenters. The lowest BCUT2D eigenvalue weighted by molar-refractivity contribution is 0.0935. The van der Waals surface area contributed by atoms with Crippen molar-refractivity contribution in [2.75, 3.05) is 0 Å². The lowest BCUT2D eigenvalue weighted by Crippen LogP contribution is -2.42. The number of nitrogens with one attached hydrogen (secondary N) is 2. The van der Waals surface area contributed by atoms with E-state index in [-0.39, 0.29) is 11.9 Å². The van der Waals surface area contributed by atoms with Crippen molar-refractivity contribution in [2.24, 2.45) is 0 Å². The molecule has 2 aromatic rings. The van der Waals surface area contributed by atoms with E-state index in [1.54, 1.807) is 0 Å². The van der Waals surface area contributed by atoms with E-state index >= 15 is 0 Å². The van der Waals surface area contributed by atoms with E-state index in [0.717, 1.165) is 21.9 Å². The van der Waals surface area contributed by atoms with Crippen LogP contribution in [0.25, 0.3) is 0 Å². The summed E-state index contributed by atoms with van der Waals surface area (Å²) in [6, 6.07) is 5.07. The molecule has 4 heterocycles. The van der Waals surface area contributed by atoms with Gasteiger partial charge in [-0.15, -0.1) is 21.5 Å². The van der Waals surface area contributed by atoms with E-state index < -0.39 is 0 Å². The maximum absolute atomic E-state index is 12.3. The second kappa shape index (κ2) is 5.43. The summed E-state index contributed by atoms with van der Waals surface area (Å²) in [4.78, 5) is 13.0. The maximum Gasteiger partial charge on any atom is 0.282 e. The first-order valence-electron chi connectivity index (χ1n) is 6.89. The van der Waals surface area contributed by atoms with Gasteiger partial charge >= 0.3 is 0 Å². The van der Waals surface area contributed by atoms with Gasteiger partial charge in [-0.1, -0.05) is 0 Å². The van der Waals surface area contributed by atoms with Crippen molar-refractivity contribution in [3.63, 3.8) is 0 Å². The maximum atomic E-state index is 12.3. The Morgan fingerprint density at radius 3 is 3.14 bits per heavy atom. The lowest BCUT2D eigenvalue weighted by Gasteiger charge is -2.20. The molecule has 8 heteroatoms. The number of amides is 1. The van der Waals surface area contributed by atoms with Crippen molar-refractivity contribution >= 4 is 29.0 Å². The topological polar surface area (TPSA) is 80.0 Å². The van der Waals surface area contributed by atoms with Gasteiger partial charge in [0.15, 0.2) is 0 Å². The summed E-state index contributed by atoms with van der Waals surface area (Å²) in [6.07, 6.45) is 4.75. The average Bonchev–Trinajstić information content (AvgIpc) is 3.24. The third kappa shape index (κ3) is 2.70. The van der Waals surface area contributed by atoms with Crippen LogP contribution >= 0.6 is 23.1 Å². The quantitative estimate of drug-likeness (QED) is 0.895. The minimum atomic E-state index is 0.0109. The Bertz CT molecular complexity index is 642. The van der Waals surface area contributed by atoms with Crippen molar-refractivity contribution in [2.45, 2.75) is 46.8 Å². The van der Waals surface area contributed by atoms with E-state index in [1.807, 2.05) is 12.1 Å². The van der Waals surface area contributed by atoms with Gasteiger partial charge in [-0.2, -0.15) is 0 Å². The van der Waals surface area contributed by atoms with E-state index in [9.17, 15) is 4.79 Å². The molecule has 2 aliphatic heterocycles. The third-order valence-corrected chi connectivity index (χ3v) is 6.02. The van der Waals surface area contributed by atoms with Gasteiger partial charge in [-0.25, -0.2) is 0 Å². The number of nitrogens with zero attached hydrogens (tertiary/aromatic N) is 2. The highest BCUT2D eigenvalue weighted by Gasteiger charge is 2.39. The molecule has 4 rings (SSSR count). The van der Waals surface area contributed by atoms with Gasteiger partial charge in [0, 0.05) is 18.1 Å². The Labute approximate surface area is 129 Å². The molecule has 2 aliphatic rings. The van der Waals surface area contributed by atoms with Crippen LogP contribution in [0.3, 0.4) is 0 Å². The van der Waals surface area contributed by atoms with Crippen LogP contribution in [0.5, 0.6) is 0 Å². The smallest absolute Gasteiger partial charge is 0.282 e. The predicted octanol–water partition coefficient (Wildman–Crippen LogP) is 1.90. The van der Waals surface area contributed by atoms with Crippen LogP contribution in [-0.2, 0) is 0 Å². The van der Waals surface area contributed by atoms with Crippen LogP contribution in [0, 0.1) is 0 Å². The number of rotatable bonds is 4. The SMILES string of the molecule is O=C(NC1CC2CCC1N2)c1ccc(Sc2nnco2)s1. The Hall–Kier alpha value is -1.38. The summed E-state index contributed by atoms with van der Waals surface area (Å²) in [7, 11) is 0. The van der Waals surface area contributed by atoms with Gasteiger partial charge < -0.3 is 15.1 Å². The standard InChI is InChI=1S/C13H14N4O2S2/c18-12(16-9-5-7-1-2-8(9)15-7)10-3-4-11(20-10)21-13-17-14-6-19-13/h3-4,6-9,15H,1-2,5H2,(H,16,18). The summed E-state index contributed by atoms with van der Waals surface area (Å²) in [6.45, 7) is 0. The molecule has 2 N–H and O–H groups in total. The first kappa shape index (κ1) is 13.3. The molecule has 2 saturated heterocycles. The second-order valence-corrected chi connectivity index (χ2v) is 7.62. The molecule has 0 spiro atoms. The predicted molar refractivity (Wildman–Crippen MR) is 78.6 cm³/mol. The molecule has 3 atom stereocenters. The molecule has 1 amide bonds. The van der Waals surface area contributed by atoms with Crippen LogP contribution in [0.4, 0.5) is 0 Å². The highest BCUT2D eigenvalue weighted by molar-refractivity contribution is 8.01. The Morgan fingerprint density at radius 2 is 2.43 bits per heavy atom. The number of fused-ring (bicyclic) bond motifs is 2. The van der Waals surface area contributed by atoms with Crippen molar-refractivity contribution in [3.8, 4) is 0 Å². The fourth-order valence-electron chi connectivity index (χ4n) is 3.01. The van der Waals surface area contributed by atoms with Gasteiger partial charge in [0.2, 0.25) is 6.39 Å². The van der Waals surface area contributed by atoms with Gasteiger partial charge in [0.05, 0.1) is 9.09 Å². The fourth-order valence-corrected chi connectivity index (χ4v) is 4.79. The molecule has 110 valence electrons. The Kier molecular flexibility index (Phi) is 3.44. The van der Waals surface area contributed by atoms with Gasteiger partial charge in [-0.05, 0) is 43.2 Å². The number of aromatic nitrogens is 2. The van der Waals surface area contributed by atoms with Crippen molar-refractivity contribution in [3.05, 3.63) is 23.4 Å². The normalized spacial score (nSPS) is 27.1. The summed E-state index contributed by atoms with van der Waals surface area (Å²) < 4.78 is 6.05. The largest absolute Gasteiger partial charge is 0.419 e. The Morgan fingerprint density at radius 1 is 1.48 bits per heavy atom. The zero-order valence-electron chi connectivity index (χ0n) is 11.1. The monoisotopic (exact) mass is 322 g/mol. The minimum absolute atomic E-state index is 0.0109. The minimum Gasteiger partial charge on any atom is -0.419 e. The van der Waals surface area contributed by atoms with E-state index in [2.05, 4.69) is 20.8 Å². The molecular formula is C13H14N4O2S2. The van der Waals surface area contributed by atoms with E-state index in [0.29, 0.717) is 17.3 Å². The molecular weight excluding hydrogens is 308 g/mol. The van der Waals surface area contributed by atoms with Crippen LogP contribution in [0.2, 0.25) is 0 Å². The van der Waals surface area contributed by atoms with Gasteiger partial charge in [0.25, 0.3) is 11.1 Å². The lowest BCUT2D eigenvalue weighted by atomic mass is 9.95. The molecule has 0 aliphatic carbocycles. The van der Waals surface area contributed by atoms with Crippen LogP contribution in [-0.4, -0.2) is 34.2 Å². The highest BCUT2D eigenvalue weighted by atomic mass is 32.2. The molecule has 2 fully saturated rings. The van der Waals surface area contributed by atoms with Gasteiger partial charge in [0.1, 0.15) is 0 Å². The summed E-state index contributed by atoms with van der Waals surface area (Å²) in [5.41, 5.74) is 0. The summed E-state index contributed by atoms with van der Waals surface area (Å²) >= 11 is 2.82. The number of carbonyl (C=O) groups is 1. The average molecular weight is 322 g/mol. The van der Waals surface area contributed by atoms with Crippen LogP contribution < -0.4 is 10.6 Å². The van der Waals surface area contributed by atoms with E-state index in [1.165, 1.54) is 35.9 Å². The molecule has 6 nitrogen and oxygen atoms in total.